The van der Waals surface area contributed by atoms with Crippen LogP contribution in [0.2, 0.25) is 0 Å². The highest BCUT2D eigenvalue weighted by molar-refractivity contribution is 7.90. The molecule has 0 spiro atoms. The summed E-state index contributed by atoms with van der Waals surface area (Å²) in [4.78, 5) is 0. The minimum absolute atomic E-state index is 0.106. The number of hydrogen-bond donors (Lipinski definition) is 1. The SMILES string of the molecule is C=C(CC)C(CS(C)(=O)=O)NC. The number of sulfone groups is 1. The molecule has 12 heavy (non-hydrogen) atoms. The van der Waals surface area contributed by atoms with E-state index < -0.39 is 9.84 Å². The Morgan fingerprint density at radius 3 is 2.33 bits per heavy atom. The van der Waals surface area contributed by atoms with Crippen molar-refractivity contribution in [2.75, 3.05) is 19.1 Å². The van der Waals surface area contributed by atoms with Crippen molar-refractivity contribution < 1.29 is 8.42 Å². The Balaban J connectivity index is 4.29. The van der Waals surface area contributed by atoms with Crippen LogP contribution in [0, 0.1) is 0 Å². The van der Waals surface area contributed by atoms with Crippen LogP contribution in [0.5, 0.6) is 0 Å². The van der Waals surface area contributed by atoms with E-state index >= 15 is 0 Å². The molecule has 0 aliphatic rings. The summed E-state index contributed by atoms with van der Waals surface area (Å²) in [5.41, 5.74) is 0.933. The van der Waals surface area contributed by atoms with Crippen molar-refractivity contribution in [3.63, 3.8) is 0 Å². The maximum Gasteiger partial charge on any atom is 0.149 e. The van der Waals surface area contributed by atoms with Gasteiger partial charge in [0, 0.05) is 12.3 Å². The van der Waals surface area contributed by atoms with Crippen LogP contribution in [-0.4, -0.2) is 33.5 Å². The lowest BCUT2D eigenvalue weighted by Crippen LogP contribution is -2.33. The van der Waals surface area contributed by atoms with Gasteiger partial charge in [-0.1, -0.05) is 19.1 Å². The predicted octanol–water partition coefficient (Wildman–Crippen LogP) is 0.585. The summed E-state index contributed by atoms with van der Waals surface area (Å²) in [5, 5.41) is 2.93. The molecule has 0 aromatic heterocycles. The fourth-order valence-corrected chi connectivity index (χ4v) is 1.96. The highest BCUT2D eigenvalue weighted by atomic mass is 32.2. The van der Waals surface area contributed by atoms with Gasteiger partial charge in [0.05, 0.1) is 5.75 Å². The molecular formula is C8H17NO2S. The third-order valence-corrected chi connectivity index (χ3v) is 2.70. The van der Waals surface area contributed by atoms with Crippen molar-refractivity contribution in [3.05, 3.63) is 12.2 Å². The van der Waals surface area contributed by atoms with Gasteiger partial charge in [-0.05, 0) is 13.5 Å². The van der Waals surface area contributed by atoms with Crippen LogP contribution in [-0.2, 0) is 9.84 Å². The molecular weight excluding hydrogens is 174 g/mol. The molecule has 1 atom stereocenters. The summed E-state index contributed by atoms with van der Waals surface area (Å²) >= 11 is 0. The average Bonchev–Trinajstić information content (AvgIpc) is 1.97. The molecule has 0 aliphatic heterocycles. The number of nitrogens with one attached hydrogen (secondary N) is 1. The fraction of sp³-hybridized carbons (Fsp3) is 0.750. The van der Waals surface area contributed by atoms with Crippen LogP contribution in [0.4, 0.5) is 0 Å². The molecule has 0 rings (SSSR count). The van der Waals surface area contributed by atoms with Gasteiger partial charge in [-0.15, -0.1) is 0 Å². The molecule has 0 saturated heterocycles. The van der Waals surface area contributed by atoms with Gasteiger partial charge in [0.1, 0.15) is 9.84 Å². The van der Waals surface area contributed by atoms with E-state index in [1.165, 1.54) is 6.26 Å². The topological polar surface area (TPSA) is 46.2 Å². The summed E-state index contributed by atoms with van der Waals surface area (Å²) in [5.74, 6) is 0.135. The Labute approximate surface area is 74.8 Å². The third kappa shape index (κ3) is 4.51. The van der Waals surface area contributed by atoms with Gasteiger partial charge in [-0.3, -0.25) is 0 Å². The molecule has 0 fully saturated rings. The van der Waals surface area contributed by atoms with Gasteiger partial charge in [0.2, 0.25) is 0 Å². The van der Waals surface area contributed by atoms with E-state index in [1.54, 1.807) is 7.05 Å². The Morgan fingerprint density at radius 1 is 1.58 bits per heavy atom. The van der Waals surface area contributed by atoms with Crippen molar-refractivity contribution in [2.24, 2.45) is 0 Å². The van der Waals surface area contributed by atoms with Crippen molar-refractivity contribution in [1.82, 2.24) is 5.32 Å². The van der Waals surface area contributed by atoms with Crippen LogP contribution >= 0.6 is 0 Å². The van der Waals surface area contributed by atoms with E-state index in [0.29, 0.717) is 0 Å². The van der Waals surface area contributed by atoms with E-state index in [0.717, 1.165) is 12.0 Å². The first-order valence-corrected chi connectivity index (χ1v) is 5.99. The first-order chi connectivity index (χ1) is 5.40. The summed E-state index contributed by atoms with van der Waals surface area (Å²) in [6, 6.07) is -0.106. The molecule has 0 aromatic carbocycles. The first kappa shape index (κ1) is 11.6. The van der Waals surface area contributed by atoms with Crippen molar-refractivity contribution in [3.8, 4) is 0 Å². The van der Waals surface area contributed by atoms with E-state index in [2.05, 4.69) is 11.9 Å². The van der Waals surface area contributed by atoms with Crippen LogP contribution in [0.25, 0.3) is 0 Å². The minimum Gasteiger partial charge on any atom is -0.312 e. The second-order valence-electron chi connectivity index (χ2n) is 2.95. The lowest BCUT2D eigenvalue weighted by molar-refractivity contribution is 0.586. The minimum atomic E-state index is -2.91. The zero-order chi connectivity index (χ0) is 9.78. The van der Waals surface area contributed by atoms with Gasteiger partial charge in [-0.25, -0.2) is 8.42 Å². The van der Waals surface area contributed by atoms with Crippen LogP contribution in [0.3, 0.4) is 0 Å². The second-order valence-corrected chi connectivity index (χ2v) is 5.13. The van der Waals surface area contributed by atoms with E-state index in [-0.39, 0.29) is 11.8 Å². The van der Waals surface area contributed by atoms with Crippen LogP contribution in [0.1, 0.15) is 13.3 Å². The average molecular weight is 191 g/mol. The Bertz CT molecular complexity index is 244. The monoisotopic (exact) mass is 191 g/mol. The van der Waals surface area contributed by atoms with Crippen LogP contribution < -0.4 is 5.32 Å². The molecule has 0 heterocycles. The lowest BCUT2D eigenvalue weighted by atomic mass is 10.1. The zero-order valence-corrected chi connectivity index (χ0v) is 8.74. The van der Waals surface area contributed by atoms with Gasteiger partial charge in [-0.2, -0.15) is 0 Å². The number of likely N-dealkylation sites (N-methyl/N-ethyl adjacent to an activating group) is 1. The number of rotatable bonds is 5. The Kier molecular flexibility index (Phi) is 4.49. The van der Waals surface area contributed by atoms with Crippen molar-refractivity contribution >= 4 is 9.84 Å². The quantitative estimate of drug-likeness (QED) is 0.647. The summed E-state index contributed by atoms with van der Waals surface area (Å²) < 4.78 is 21.9. The van der Waals surface area contributed by atoms with E-state index in [4.69, 9.17) is 0 Å². The normalized spacial score (nSPS) is 14.2. The smallest absolute Gasteiger partial charge is 0.149 e. The maximum atomic E-state index is 10.9. The van der Waals surface area contributed by atoms with E-state index in [9.17, 15) is 8.42 Å². The molecule has 0 bridgehead atoms. The van der Waals surface area contributed by atoms with Gasteiger partial charge >= 0.3 is 0 Å². The van der Waals surface area contributed by atoms with Gasteiger partial charge < -0.3 is 5.32 Å². The summed E-state index contributed by atoms with van der Waals surface area (Å²) in [6.45, 7) is 5.77. The molecule has 0 radical (unpaired) electrons. The molecule has 1 N–H and O–H groups in total. The lowest BCUT2D eigenvalue weighted by Gasteiger charge is -2.16. The highest BCUT2D eigenvalue weighted by Crippen LogP contribution is 2.05. The zero-order valence-electron chi connectivity index (χ0n) is 7.92. The van der Waals surface area contributed by atoms with Crippen molar-refractivity contribution in [2.45, 2.75) is 19.4 Å². The third-order valence-electron chi connectivity index (χ3n) is 1.76. The predicted molar refractivity (Wildman–Crippen MR) is 52.0 cm³/mol. The Morgan fingerprint density at radius 2 is 2.08 bits per heavy atom. The standard InChI is InChI=1S/C8H17NO2S/c1-5-7(2)8(9-3)6-12(4,10)11/h8-9H,2,5-6H2,1,3-4H3. The van der Waals surface area contributed by atoms with Crippen LogP contribution in [0.15, 0.2) is 12.2 Å². The van der Waals surface area contributed by atoms with Gasteiger partial charge in [0.25, 0.3) is 0 Å². The molecule has 0 aromatic rings. The second kappa shape index (κ2) is 4.62. The molecule has 0 saturated carbocycles. The summed E-state index contributed by atoms with van der Waals surface area (Å²) in [7, 11) is -1.17. The van der Waals surface area contributed by atoms with E-state index in [1.807, 2.05) is 6.92 Å². The number of hydrogen-bond acceptors (Lipinski definition) is 3. The van der Waals surface area contributed by atoms with Crippen molar-refractivity contribution in [1.29, 1.82) is 0 Å². The molecule has 72 valence electrons. The molecule has 4 heteroatoms. The maximum absolute atomic E-state index is 10.9. The summed E-state index contributed by atoms with van der Waals surface area (Å²) in [6.07, 6.45) is 2.04. The fourth-order valence-electron chi connectivity index (χ4n) is 0.954. The molecule has 0 amide bonds. The highest BCUT2D eigenvalue weighted by Gasteiger charge is 2.14. The molecule has 3 nitrogen and oxygen atoms in total. The van der Waals surface area contributed by atoms with Gasteiger partial charge in [0.15, 0.2) is 0 Å². The largest absolute Gasteiger partial charge is 0.312 e. The molecule has 1 unspecified atom stereocenters. The first-order valence-electron chi connectivity index (χ1n) is 3.93. The molecule has 0 aliphatic carbocycles. The Hall–Kier alpha value is -0.350.